The zero-order valence-corrected chi connectivity index (χ0v) is 11.6. The fourth-order valence-electron chi connectivity index (χ4n) is 2.95. The zero-order chi connectivity index (χ0) is 13.4. The van der Waals surface area contributed by atoms with Gasteiger partial charge in [0.15, 0.2) is 0 Å². The molecule has 0 aromatic rings. The summed E-state index contributed by atoms with van der Waals surface area (Å²) in [7, 11) is 0. The topological polar surface area (TPSA) is 46.6 Å². The molecule has 0 bridgehead atoms. The van der Waals surface area contributed by atoms with Gasteiger partial charge in [0.25, 0.3) is 0 Å². The molecule has 2 aliphatic rings. The molecule has 1 saturated heterocycles. The molecule has 2 fully saturated rings. The van der Waals surface area contributed by atoms with Gasteiger partial charge in [-0.2, -0.15) is 0 Å². The van der Waals surface area contributed by atoms with Crippen molar-refractivity contribution in [2.75, 3.05) is 13.1 Å². The molecule has 1 aliphatic carbocycles. The van der Waals surface area contributed by atoms with Crippen molar-refractivity contribution in [2.24, 2.45) is 11.3 Å². The molecule has 0 radical (unpaired) electrons. The first-order chi connectivity index (χ1) is 8.36. The van der Waals surface area contributed by atoms with Crippen LogP contribution in [0.15, 0.2) is 0 Å². The van der Waals surface area contributed by atoms with E-state index >= 15 is 0 Å². The van der Waals surface area contributed by atoms with Crippen LogP contribution in [0.2, 0.25) is 0 Å². The lowest BCUT2D eigenvalue weighted by atomic mass is 9.90. The maximum absolute atomic E-state index is 11.9. The average Bonchev–Trinajstić information content (AvgIpc) is 2.90. The van der Waals surface area contributed by atoms with Gasteiger partial charge in [-0.3, -0.25) is 0 Å². The quantitative estimate of drug-likeness (QED) is 0.711. The summed E-state index contributed by atoms with van der Waals surface area (Å²) in [6.07, 6.45) is 4.71. The minimum atomic E-state index is -0.425. The van der Waals surface area contributed by atoms with Crippen molar-refractivity contribution in [3.05, 3.63) is 0 Å². The molecular weight excluding hydrogens is 230 g/mol. The highest BCUT2D eigenvalue weighted by Crippen LogP contribution is 2.60. The molecule has 1 spiro atoms. The molecule has 0 aromatic carbocycles. The summed E-state index contributed by atoms with van der Waals surface area (Å²) in [5.41, 5.74) is -0.0642. The molecule has 0 N–H and O–H groups in total. The largest absolute Gasteiger partial charge is 0.444 e. The Morgan fingerprint density at radius 1 is 1.39 bits per heavy atom. The third-order valence-corrected chi connectivity index (χ3v) is 4.15. The summed E-state index contributed by atoms with van der Waals surface area (Å²) in [6.45, 7) is 7.20. The van der Waals surface area contributed by atoms with Crippen LogP contribution in [-0.4, -0.2) is 36.0 Å². The Morgan fingerprint density at radius 3 is 2.50 bits per heavy atom. The molecule has 1 heterocycles. The van der Waals surface area contributed by atoms with Crippen LogP contribution in [0.5, 0.6) is 0 Å². The number of rotatable bonds is 2. The van der Waals surface area contributed by atoms with E-state index in [-0.39, 0.29) is 6.09 Å². The summed E-state index contributed by atoms with van der Waals surface area (Å²) in [5.74, 6) is 0.566. The van der Waals surface area contributed by atoms with Gasteiger partial charge in [-0.05, 0) is 51.4 Å². The SMILES string of the molecule is CC(C)(C)OC(=O)N1CCC2(CC1)C[C@H]2CC=O. The zero-order valence-electron chi connectivity index (χ0n) is 11.6. The molecule has 1 amide bonds. The number of amides is 1. The van der Waals surface area contributed by atoms with Crippen LogP contribution in [-0.2, 0) is 9.53 Å². The Morgan fingerprint density at radius 2 is 2.00 bits per heavy atom. The second kappa shape index (κ2) is 4.56. The molecule has 1 atom stereocenters. The van der Waals surface area contributed by atoms with Crippen molar-refractivity contribution in [3.63, 3.8) is 0 Å². The molecule has 4 nitrogen and oxygen atoms in total. The summed E-state index contributed by atoms with van der Waals surface area (Å²) in [6, 6.07) is 0. The number of ether oxygens (including phenoxy) is 1. The van der Waals surface area contributed by atoms with Crippen LogP contribution < -0.4 is 0 Å². The fourth-order valence-corrected chi connectivity index (χ4v) is 2.95. The van der Waals surface area contributed by atoms with E-state index in [1.54, 1.807) is 4.90 Å². The summed E-state index contributed by atoms with van der Waals surface area (Å²) < 4.78 is 5.37. The van der Waals surface area contributed by atoms with Crippen LogP contribution in [0, 0.1) is 11.3 Å². The van der Waals surface area contributed by atoms with E-state index in [9.17, 15) is 9.59 Å². The Labute approximate surface area is 109 Å². The van der Waals surface area contributed by atoms with E-state index in [4.69, 9.17) is 4.74 Å². The molecule has 18 heavy (non-hydrogen) atoms. The molecule has 0 unspecified atom stereocenters. The number of hydrogen-bond donors (Lipinski definition) is 0. The molecule has 1 aliphatic heterocycles. The maximum Gasteiger partial charge on any atom is 0.410 e. The van der Waals surface area contributed by atoms with E-state index in [1.165, 1.54) is 0 Å². The second-order valence-corrected chi connectivity index (χ2v) is 6.63. The number of hydrogen-bond acceptors (Lipinski definition) is 3. The van der Waals surface area contributed by atoms with Crippen LogP contribution >= 0.6 is 0 Å². The third kappa shape index (κ3) is 2.85. The third-order valence-electron chi connectivity index (χ3n) is 4.15. The highest BCUT2D eigenvalue weighted by atomic mass is 16.6. The Bertz CT molecular complexity index is 337. The van der Waals surface area contributed by atoms with Crippen LogP contribution in [0.4, 0.5) is 4.79 Å². The lowest BCUT2D eigenvalue weighted by Crippen LogP contribution is -2.42. The van der Waals surface area contributed by atoms with Gasteiger partial charge in [-0.1, -0.05) is 0 Å². The van der Waals surface area contributed by atoms with E-state index in [2.05, 4.69) is 0 Å². The van der Waals surface area contributed by atoms with E-state index in [0.29, 0.717) is 17.8 Å². The first-order valence-corrected chi connectivity index (χ1v) is 6.78. The van der Waals surface area contributed by atoms with Crippen molar-refractivity contribution < 1.29 is 14.3 Å². The van der Waals surface area contributed by atoms with Crippen molar-refractivity contribution in [2.45, 2.75) is 52.1 Å². The molecule has 2 rings (SSSR count). The number of piperidine rings is 1. The number of carbonyl (C=O) groups excluding carboxylic acids is 2. The Balaban J connectivity index is 1.81. The van der Waals surface area contributed by atoms with Gasteiger partial charge in [0.1, 0.15) is 11.9 Å². The summed E-state index contributed by atoms with van der Waals surface area (Å²) >= 11 is 0. The maximum atomic E-state index is 11.9. The molecular formula is C14H23NO3. The number of aldehydes is 1. The predicted octanol–water partition coefficient (Wildman–Crippen LogP) is 2.61. The molecule has 1 saturated carbocycles. The van der Waals surface area contributed by atoms with Crippen LogP contribution in [0.25, 0.3) is 0 Å². The van der Waals surface area contributed by atoms with Crippen molar-refractivity contribution in [1.29, 1.82) is 0 Å². The first-order valence-electron chi connectivity index (χ1n) is 6.78. The van der Waals surface area contributed by atoms with Gasteiger partial charge in [-0.25, -0.2) is 4.79 Å². The van der Waals surface area contributed by atoms with Crippen LogP contribution in [0.1, 0.15) is 46.5 Å². The fraction of sp³-hybridized carbons (Fsp3) is 0.857. The highest BCUT2D eigenvalue weighted by Gasteiger charge is 2.54. The number of likely N-dealkylation sites (tertiary alicyclic amines) is 1. The monoisotopic (exact) mass is 253 g/mol. The van der Waals surface area contributed by atoms with Crippen LogP contribution in [0.3, 0.4) is 0 Å². The van der Waals surface area contributed by atoms with Gasteiger partial charge in [-0.15, -0.1) is 0 Å². The van der Waals surface area contributed by atoms with Crippen molar-refractivity contribution >= 4 is 12.4 Å². The number of nitrogens with zero attached hydrogens (tertiary/aromatic N) is 1. The lowest BCUT2D eigenvalue weighted by Gasteiger charge is -2.34. The Hall–Kier alpha value is -1.06. The van der Waals surface area contributed by atoms with Gasteiger partial charge < -0.3 is 14.4 Å². The molecule has 102 valence electrons. The summed E-state index contributed by atoms with van der Waals surface area (Å²) in [5, 5.41) is 0. The Kier molecular flexibility index (Phi) is 3.39. The van der Waals surface area contributed by atoms with Gasteiger partial charge >= 0.3 is 6.09 Å². The van der Waals surface area contributed by atoms with Crippen molar-refractivity contribution in [1.82, 2.24) is 4.90 Å². The van der Waals surface area contributed by atoms with Gasteiger partial charge in [0.2, 0.25) is 0 Å². The molecule has 4 heteroatoms. The minimum Gasteiger partial charge on any atom is -0.444 e. The van der Waals surface area contributed by atoms with Gasteiger partial charge in [0, 0.05) is 19.5 Å². The highest BCUT2D eigenvalue weighted by molar-refractivity contribution is 5.68. The first kappa shape index (κ1) is 13.4. The predicted molar refractivity (Wildman–Crippen MR) is 68.3 cm³/mol. The number of carbonyl (C=O) groups is 2. The van der Waals surface area contributed by atoms with E-state index in [0.717, 1.165) is 38.6 Å². The molecule has 0 aromatic heterocycles. The normalized spacial score (nSPS) is 25.9. The lowest BCUT2D eigenvalue weighted by molar-refractivity contribution is -0.108. The summed E-state index contributed by atoms with van der Waals surface area (Å²) in [4.78, 5) is 24.2. The van der Waals surface area contributed by atoms with Crippen molar-refractivity contribution in [3.8, 4) is 0 Å². The smallest absolute Gasteiger partial charge is 0.410 e. The van der Waals surface area contributed by atoms with Gasteiger partial charge in [0.05, 0.1) is 0 Å². The standard InChI is InChI=1S/C14H23NO3/c1-13(2,3)18-12(17)15-7-5-14(6-8-15)10-11(14)4-9-16/h9,11H,4-8,10H2,1-3H3/t11-/m1/s1. The average molecular weight is 253 g/mol. The second-order valence-electron chi connectivity index (χ2n) is 6.63. The van der Waals surface area contributed by atoms with E-state index < -0.39 is 5.60 Å². The minimum absolute atomic E-state index is 0.204. The van der Waals surface area contributed by atoms with E-state index in [1.807, 2.05) is 20.8 Å².